The molecule has 152 valence electrons. The molecule has 0 saturated carbocycles. The molecule has 2 aromatic carbocycles. The first-order valence-corrected chi connectivity index (χ1v) is 13.6. The number of likely N-dealkylation sites (tertiary alicyclic amines) is 1. The fourth-order valence-corrected chi connectivity index (χ4v) is 5.00. The maximum atomic E-state index is 6.70. The summed E-state index contributed by atoms with van der Waals surface area (Å²) in [5.74, 6) is 1.15. The van der Waals surface area contributed by atoms with E-state index in [0.29, 0.717) is 11.8 Å². The Morgan fingerprint density at radius 1 is 0.964 bits per heavy atom. The number of piperidine rings is 1. The highest BCUT2D eigenvalue weighted by Gasteiger charge is 2.39. The van der Waals surface area contributed by atoms with Crippen molar-refractivity contribution >= 4 is 8.32 Å². The Bertz CT molecular complexity index is 723. The van der Waals surface area contributed by atoms with Crippen LogP contribution >= 0.6 is 0 Å². The van der Waals surface area contributed by atoms with Gasteiger partial charge >= 0.3 is 0 Å². The molecule has 0 aliphatic carbocycles. The van der Waals surface area contributed by atoms with Crippen molar-refractivity contribution in [3.8, 4) is 0 Å². The van der Waals surface area contributed by atoms with Gasteiger partial charge in [-0.1, -0.05) is 81.4 Å². The molecular formula is C25H37NOSi. The van der Waals surface area contributed by atoms with Crippen LogP contribution in [0.1, 0.15) is 44.2 Å². The number of hydrogen-bond donors (Lipinski definition) is 0. The van der Waals surface area contributed by atoms with Gasteiger partial charge in [-0.25, -0.2) is 0 Å². The lowest BCUT2D eigenvalue weighted by atomic mass is 9.81. The van der Waals surface area contributed by atoms with Gasteiger partial charge in [0.15, 0.2) is 8.32 Å². The largest absolute Gasteiger partial charge is 0.416 e. The molecule has 0 N–H and O–H groups in total. The predicted molar refractivity (Wildman–Crippen MR) is 122 cm³/mol. The first-order valence-electron chi connectivity index (χ1n) is 10.7. The van der Waals surface area contributed by atoms with Crippen LogP contribution in [0.5, 0.6) is 0 Å². The third-order valence-electron chi connectivity index (χ3n) is 6.76. The molecule has 0 aromatic heterocycles. The van der Waals surface area contributed by atoms with Gasteiger partial charge in [0.2, 0.25) is 0 Å². The van der Waals surface area contributed by atoms with E-state index in [2.05, 4.69) is 99.4 Å². The van der Waals surface area contributed by atoms with Gasteiger partial charge in [0.25, 0.3) is 0 Å². The van der Waals surface area contributed by atoms with Gasteiger partial charge in [-0.3, -0.25) is 4.90 Å². The van der Waals surface area contributed by atoms with E-state index >= 15 is 0 Å². The zero-order valence-corrected chi connectivity index (χ0v) is 19.3. The topological polar surface area (TPSA) is 12.5 Å². The van der Waals surface area contributed by atoms with Crippen molar-refractivity contribution in [1.82, 2.24) is 4.90 Å². The summed E-state index contributed by atoms with van der Waals surface area (Å²) in [7, 11) is -1.73. The second-order valence-corrected chi connectivity index (χ2v) is 14.7. The van der Waals surface area contributed by atoms with Gasteiger partial charge in [0.1, 0.15) is 0 Å². The van der Waals surface area contributed by atoms with Crippen molar-refractivity contribution in [3.63, 3.8) is 0 Å². The molecule has 0 amide bonds. The van der Waals surface area contributed by atoms with Crippen LogP contribution in [-0.4, -0.2) is 32.9 Å². The molecular weight excluding hydrogens is 358 g/mol. The molecule has 0 spiro atoms. The molecule has 0 unspecified atom stereocenters. The third kappa shape index (κ3) is 5.34. The summed E-state index contributed by atoms with van der Waals surface area (Å²) in [4.78, 5) is 2.62. The highest BCUT2D eigenvalue weighted by Crippen LogP contribution is 2.39. The van der Waals surface area contributed by atoms with Crippen molar-refractivity contribution in [2.24, 2.45) is 5.92 Å². The Balaban J connectivity index is 1.73. The first kappa shape index (κ1) is 21.3. The van der Waals surface area contributed by atoms with Crippen molar-refractivity contribution in [2.45, 2.75) is 57.8 Å². The molecule has 1 aliphatic rings. The first-order chi connectivity index (χ1) is 13.3. The summed E-state index contributed by atoms with van der Waals surface area (Å²) in [5, 5.41) is 0.258. The van der Waals surface area contributed by atoms with Crippen LogP contribution in [0.4, 0.5) is 0 Å². The monoisotopic (exact) mass is 395 g/mol. The predicted octanol–water partition coefficient (Wildman–Crippen LogP) is 6.31. The molecule has 2 atom stereocenters. The summed E-state index contributed by atoms with van der Waals surface area (Å²) in [6, 6.07) is 21.9. The lowest BCUT2D eigenvalue weighted by molar-refractivity contribution is 0.101. The molecule has 1 fully saturated rings. The van der Waals surface area contributed by atoms with E-state index in [-0.39, 0.29) is 5.04 Å². The minimum absolute atomic E-state index is 0.258. The van der Waals surface area contributed by atoms with E-state index in [4.69, 9.17) is 4.43 Å². The number of hydrogen-bond acceptors (Lipinski definition) is 2. The molecule has 1 heterocycles. The molecule has 2 nitrogen and oxygen atoms in total. The molecule has 2 aromatic rings. The Labute approximate surface area is 173 Å². The van der Waals surface area contributed by atoms with Gasteiger partial charge in [0.05, 0.1) is 0 Å². The van der Waals surface area contributed by atoms with E-state index in [1.54, 1.807) is 0 Å². The average molecular weight is 396 g/mol. The van der Waals surface area contributed by atoms with E-state index < -0.39 is 8.32 Å². The van der Waals surface area contributed by atoms with Crippen molar-refractivity contribution in [3.05, 3.63) is 71.8 Å². The normalized spacial score (nSPS) is 21.6. The summed E-state index contributed by atoms with van der Waals surface area (Å²) in [5.41, 5.74) is 2.88. The molecule has 28 heavy (non-hydrogen) atoms. The highest BCUT2D eigenvalue weighted by molar-refractivity contribution is 6.74. The van der Waals surface area contributed by atoms with Crippen LogP contribution in [-0.2, 0) is 11.0 Å². The van der Waals surface area contributed by atoms with E-state index in [1.807, 2.05) is 0 Å². The van der Waals surface area contributed by atoms with E-state index in [0.717, 1.165) is 26.2 Å². The summed E-state index contributed by atoms with van der Waals surface area (Å²) in [6.45, 7) is 15.9. The van der Waals surface area contributed by atoms with Crippen LogP contribution in [0.15, 0.2) is 60.7 Å². The molecule has 0 bridgehead atoms. The fourth-order valence-electron chi connectivity index (χ4n) is 3.93. The zero-order chi connectivity index (χ0) is 20.2. The SMILES string of the molecule is CC(C)(C)[Si](C)(C)OC[C@@H]1CN(Cc2ccccc2)CC[C@H]1c1ccccc1. The van der Waals surface area contributed by atoms with Gasteiger partial charge in [-0.2, -0.15) is 0 Å². The minimum atomic E-state index is -1.73. The van der Waals surface area contributed by atoms with Crippen LogP contribution in [0, 0.1) is 5.92 Å². The molecule has 1 saturated heterocycles. The number of nitrogens with zero attached hydrogens (tertiary/aromatic N) is 1. The number of rotatable bonds is 6. The number of benzene rings is 2. The molecule has 3 heteroatoms. The third-order valence-corrected chi connectivity index (χ3v) is 11.3. The maximum absolute atomic E-state index is 6.70. The van der Waals surface area contributed by atoms with Gasteiger partial charge in [-0.15, -0.1) is 0 Å². The molecule has 0 radical (unpaired) electrons. The quantitative estimate of drug-likeness (QED) is 0.531. The van der Waals surface area contributed by atoms with Crippen molar-refractivity contribution in [1.29, 1.82) is 0 Å². The van der Waals surface area contributed by atoms with Gasteiger partial charge in [-0.05, 0) is 48.1 Å². The Hall–Kier alpha value is -1.42. The second kappa shape index (κ2) is 8.94. The van der Waals surface area contributed by atoms with Crippen LogP contribution in [0.25, 0.3) is 0 Å². The second-order valence-electron chi connectivity index (χ2n) is 9.86. The standard InChI is InChI=1S/C25H37NOSi/c1-25(2,3)28(4,5)27-20-23-19-26(18-21-12-8-6-9-13-21)17-16-24(23)22-14-10-7-11-15-22/h6-15,23-24H,16-20H2,1-5H3/t23-,24-/m0/s1. The summed E-state index contributed by atoms with van der Waals surface area (Å²) < 4.78 is 6.70. The highest BCUT2D eigenvalue weighted by atomic mass is 28.4. The minimum Gasteiger partial charge on any atom is -0.416 e. The lowest BCUT2D eigenvalue weighted by Gasteiger charge is -2.42. The zero-order valence-electron chi connectivity index (χ0n) is 18.3. The van der Waals surface area contributed by atoms with E-state index in [9.17, 15) is 0 Å². The van der Waals surface area contributed by atoms with Crippen molar-refractivity contribution in [2.75, 3.05) is 19.7 Å². The lowest BCUT2D eigenvalue weighted by Crippen LogP contribution is -2.46. The maximum Gasteiger partial charge on any atom is 0.191 e. The van der Waals surface area contributed by atoms with Crippen LogP contribution in [0.3, 0.4) is 0 Å². The summed E-state index contributed by atoms with van der Waals surface area (Å²) >= 11 is 0. The van der Waals surface area contributed by atoms with Gasteiger partial charge < -0.3 is 4.43 Å². The Kier molecular flexibility index (Phi) is 6.80. The smallest absolute Gasteiger partial charge is 0.191 e. The Morgan fingerprint density at radius 3 is 2.18 bits per heavy atom. The molecule has 1 aliphatic heterocycles. The fraction of sp³-hybridized carbons (Fsp3) is 0.520. The average Bonchev–Trinajstić information content (AvgIpc) is 2.67. The van der Waals surface area contributed by atoms with Crippen LogP contribution < -0.4 is 0 Å². The Morgan fingerprint density at radius 2 is 1.57 bits per heavy atom. The van der Waals surface area contributed by atoms with Crippen molar-refractivity contribution < 1.29 is 4.43 Å². The van der Waals surface area contributed by atoms with Gasteiger partial charge in [0, 0.05) is 25.6 Å². The van der Waals surface area contributed by atoms with Crippen LogP contribution in [0.2, 0.25) is 18.1 Å². The van der Waals surface area contributed by atoms with E-state index in [1.165, 1.54) is 17.5 Å². The molecule has 3 rings (SSSR count). The summed E-state index contributed by atoms with van der Waals surface area (Å²) in [6.07, 6.45) is 1.21.